The van der Waals surface area contributed by atoms with Crippen LogP contribution in [0.1, 0.15) is 0 Å². The average molecular weight is 101 g/mol. The summed E-state index contributed by atoms with van der Waals surface area (Å²) in [6.45, 7) is 0. The second-order valence-corrected chi connectivity index (χ2v) is 0. The third-order valence-corrected chi connectivity index (χ3v) is 0. The predicted octanol–water partition coefficient (Wildman–Crippen LogP) is -6.49. The number of hydrogen-bond donors (Lipinski definition) is 0. The van der Waals surface area contributed by atoms with Gasteiger partial charge < -0.3 is 10.2 Å². The summed E-state index contributed by atoms with van der Waals surface area (Å²) in [5.74, 6) is 0. The molecule has 0 fully saturated rings. The fourth-order valence-electron chi connectivity index (χ4n) is 0. The summed E-state index contributed by atoms with van der Waals surface area (Å²) in [5, 5.41) is 0. The van der Waals surface area contributed by atoms with Crippen molar-refractivity contribution in [3.63, 3.8) is 0 Å². The summed E-state index contributed by atoms with van der Waals surface area (Å²) >= 11 is 0. The maximum atomic E-state index is 0. The minimum Gasteiger partial charge on any atom is -2.00 e. The maximum absolute atomic E-state index is 0. The van der Waals surface area contributed by atoms with Crippen LogP contribution >= 0.6 is 0 Å². The van der Waals surface area contributed by atoms with Gasteiger partial charge in [-0.05, 0) is 0 Å². The van der Waals surface area contributed by atoms with Gasteiger partial charge in [-0.25, -0.2) is 0 Å². The molecule has 0 unspecified atom stereocenters. The van der Waals surface area contributed by atoms with Crippen LogP contribution in [0.15, 0.2) is 0 Å². The van der Waals surface area contributed by atoms with Crippen molar-refractivity contribution in [3.05, 3.63) is 0 Å². The molecule has 0 aromatic heterocycles. The van der Waals surface area contributed by atoms with Crippen LogP contribution in [0.3, 0.4) is 0 Å². The van der Waals surface area contributed by atoms with E-state index < -0.39 is 0 Å². The van der Waals surface area contributed by atoms with E-state index in [0.29, 0.717) is 0 Å². The van der Waals surface area contributed by atoms with Crippen LogP contribution in [-0.2, 0) is 5.48 Å². The maximum Gasteiger partial charge on any atom is 3.00 e. The summed E-state index contributed by atoms with van der Waals surface area (Å²) < 4.78 is 0. The molecule has 0 heterocycles. The first-order valence-corrected chi connectivity index (χ1v) is 0. The molecule has 1 nitrogen and oxygen atoms in total. The number of rotatable bonds is 0. The van der Waals surface area contributed by atoms with Crippen LogP contribution < -0.4 is 56.1 Å². The van der Waals surface area contributed by atoms with Crippen molar-refractivity contribution in [3.8, 4) is 0 Å². The van der Waals surface area contributed by atoms with Crippen LogP contribution in [0.4, 0.5) is 0 Å². The average Bonchev–Trinajstić information content (AvgIpc) is 0. The van der Waals surface area contributed by atoms with Gasteiger partial charge in [-0.1, -0.05) is 0 Å². The van der Waals surface area contributed by atoms with E-state index in [4.69, 9.17) is 0 Å². The molecule has 0 aliphatic heterocycles. The Balaban J connectivity index is 0. The van der Waals surface area contributed by atoms with Crippen LogP contribution in [0.5, 0.6) is 0 Å². The Morgan fingerprint density at radius 2 is 1.00 bits per heavy atom. The summed E-state index contributed by atoms with van der Waals surface area (Å²) in [5.41, 5.74) is 0. The Labute approximate surface area is 77.4 Å². The summed E-state index contributed by atoms with van der Waals surface area (Å²) in [6, 6.07) is 0. The molecular weight excluding hydrogens is 101 g/mol. The molecular formula is AlFKO+. The van der Waals surface area contributed by atoms with Crippen molar-refractivity contribution >= 4 is 17.4 Å². The summed E-state index contributed by atoms with van der Waals surface area (Å²) in [4.78, 5) is 0. The van der Waals surface area contributed by atoms with E-state index in [9.17, 15) is 0 Å². The van der Waals surface area contributed by atoms with Crippen molar-refractivity contribution in [2.24, 2.45) is 0 Å². The van der Waals surface area contributed by atoms with Crippen LogP contribution in [-0.4, -0.2) is 17.4 Å². The molecule has 4 heteroatoms. The largest absolute Gasteiger partial charge is 3.00 e. The molecule has 0 aliphatic rings. The van der Waals surface area contributed by atoms with Gasteiger partial charge in [0.15, 0.2) is 0 Å². The molecule has 0 bridgehead atoms. The number of halogens is 1. The normalized spacial score (nSPS) is 0. The van der Waals surface area contributed by atoms with E-state index in [-0.39, 0.29) is 78.9 Å². The molecule has 0 aliphatic carbocycles. The zero-order valence-corrected chi connectivity index (χ0v) is 6.64. The van der Waals surface area contributed by atoms with Crippen molar-refractivity contribution in [2.45, 2.75) is 0 Å². The first-order chi connectivity index (χ1) is 0. The second-order valence-electron chi connectivity index (χ2n) is 0. The fourth-order valence-corrected chi connectivity index (χ4v) is 0. The molecule has 0 saturated carbocycles. The van der Waals surface area contributed by atoms with Gasteiger partial charge in [0.05, 0.1) is 0 Å². The van der Waals surface area contributed by atoms with E-state index in [1.54, 1.807) is 0 Å². The number of hydrogen-bond acceptors (Lipinski definition) is 0. The van der Waals surface area contributed by atoms with Gasteiger partial charge in [-0.2, -0.15) is 0 Å². The van der Waals surface area contributed by atoms with Gasteiger partial charge in [0.25, 0.3) is 0 Å². The standard InChI is InChI=1S/Al.FH.K.O/h;1H;;/q+3;;+1;-2/p-1. The molecule has 0 radical (unpaired) electrons. The minimum absolute atomic E-state index is 0. The predicted molar refractivity (Wildman–Crippen MR) is 6.44 cm³/mol. The third-order valence-electron chi connectivity index (χ3n) is 0. The molecule has 0 aromatic rings. The summed E-state index contributed by atoms with van der Waals surface area (Å²) in [7, 11) is 0. The topological polar surface area (TPSA) is 28.5 Å². The Morgan fingerprint density at radius 1 is 1.00 bits per heavy atom. The van der Waals surface area contributed by atoms with Crippen LogP contribution in [0, 0.1) is 0 Å². The zero-order valence-electron chi connectivity index (χ0n) is 2.36. The van der Waals surface area contributed by atoms with Gasteiger partial charge in [-0.3, -0.25) is 0 Å². The molecule has 0 N–H and O–H groups in total. The first-order valence-electron chi connectivity index (χ1n) is 0. The van der Waals surface area contributed by atoms with E-state index in [1.165, 1.54) is 0 Å². The molecule has 0 rings (SSSR count). The van der Waals surface area contributed by atoms with Crippen LogP contribution in [0.25, 0.3) is 0 Å². The Hall–Kier alpha value is 2.06. The molecule has 0 aromatic carbocycles. The minimum atomic E-state index is 0. The zero-order chi connectivity index (χ0) is 0. The van der Waals surface area contributed by atoms with E-state index in [1.807, 2.05) is 0 Å². The molecule has 0 saturated heterocycles. The van der Waals surface area contributed by atoms with Crippen molar-refractivity contribution < 1.29 is 61.6 Å². The Kier molecular flexibility index (Phi) is 180. The summed E-state index contributed by atoms with van der Waals surface area (Å²) in [6.07, 6.45) is 0. The van der Waals surface area contributed by atoms with Crippen LogP contribution in [0.2, 0.25) is 0 Å². The Morgan fingerprint density at radius 3 is 1.00 bits per heavy atom. The van der Waals surface area contributed by atoms with Crippen molar-refractivity contribution in [1.29, 1.82) is 0 Å². The van der Waals surface area contributed by atoms with E-state index in [2.05, 4.69) is 0 Å². The molecule has 4 heavy (non-hydrogen) atoms. The molecule has 0 amide bonds. The first kappa shape index (κ1) is 36.6. The van der Waals surface area contributed by atoms with Crippen molar-refractivity contribution in [1.82, 2.24) is 0 Å². The smallest absolute Gasteiger partial charge is 2.00 e. The Bertz CT molecular complexity index is 8.00. The quantitative estimate of drug-likeness (QED) is 0.271. The molecule has 0 atom stereocenters. The monoisotopic (exact) mass is 101 g/mol. The van der Waals surface area contributed by atoms with Gasteiger partial charge in [0, 0.05) is 0 Å². The SMILES string of the molecule is [Al+3].[F-].[K+].[O-2]. The van der Waals surface area contributed by atoms with Gasteiger partial charge in [0.1, 0.15) is 0 Å². The third kappa shape index (κ3) is 8.96. The van der Waals surface area contributed by atoms with E-state index in [0.717, 1.165) is 0 Å². The van der Waals surface area contributed by atoms with Gasteiger partial charge >= 0.3 is 68.7 Å². The van der Waals surface area contributed by atoms with Gasteiger partial charge in [0.2, 0.25) is 0 Å². The van der Waals surface area contributed by atoms with Crippen molar-refractivity contribution in [2.75, 3.05) is 0 Å². The molecule has 0 spiro atoms. The van der Waals surface area contributed by atoms with Gasteiger partial charge in [-0.15, -0.1) is 0 Å². The fraction of sp³-hybridized carbons (Fsp3) is 0. The van der Waals surface area contributed by atoms with E-state index >= 15 is 0 Å². The second kappa shape index (κ2) is 19.7. The molecule has 16 valence electrons.